The first-order chi connectivity index (χ1) is 35.4. The molecule has 1 N–H and O–H groups in total. The maximum Gasteiger partial charge on any atom is 0.501 e. The molecule has 19 heteroatoms. The van der Waals surface area contributed by atoms with Crippen molar-refractivity contribution in [2.75, 3.05) is 92.4 Å². The van der Waals surface area contributed by atoms with E-state index in [2.05, 4.69) is 25.3 Å². The van der Waals surface area contributed by atoms with Gasteiger partial charge in [-0.3, -0.25) is 14.1 Å². The van der Waals surface area contributed by atoms with E-state index < -0.39 is 33.7 Å². The molecule has 3 saturated heterocycles. The van der Waals surface area contributed by atoms with Crippen LogP contribution in [-0.4, -0.2) is 112 Å². The van der Waals surface area contributed by atoms with E-state index in [-0.39, 0.29) is 48.0 Å². The van der Waals surface area contributed by atoms with E-state index in [4.69, 9.17) is 20.9 Å². The molecule has 0 aliphatic carbocycles. The first-order valence-electron chi connectivity index (χ1n) is 24.8. The Bertz CT molecular complexity index is 3110. The summed E-state index contributed by atoms with van der Waals surface area (Å²) in [5.41, 5.74) is 0.872. The van der Waals surface area contributed by atoms with Crippen LogP contribution in [0.1, 0.15) is 47.9 Å². The number of carboxylic acid groups (broad SMARTS) is 1. The molecule has 3 aliphatic heterocycles. The fourth-order valence-electron chi connectivity index (χ4n) is 10.4. The maximum absolute atomic E-state index is 15.0. The number of halogens is 4. The lowest BCUT2D eigenvalue weighted by molar-refractivity contribution is -0.0436. The Morgan fingerprint density at radius 1 is 0.784 bits per heavy atom. The third kappa shape index (κ3) is 11.3. The summed E-state index contributed by atoms with van der Waals surface area (Å²) in [4.78, 5) is 19.8. The van der Waals surface area contributed by atoms with Crippen LogP contribution in [0.2, 0.25) is 5.02 Å². The number of hydrogen-bond donors (Lipinski definition) is 1. The Kier molecular flexibility index (Phi) is 16.3. The number of nitrogens with zero attached hydrogens (tertiary/aromatic N) is 5. The van der Waals surface area contributed by atoms with E-state index >= 15 is 0 Å². The van der Waals surface area contributed by atoms with Crippen molar-refractivity contribution < 1.29 is 45.3 Å². The summed E-state index contributed by atoms with van der Waals surface area (Å²) in [5, 5.41) is 11.0. The van der Waals surface area contributed by atoms with Gasteiger partial charge in [0.05, 0.1) is 47.8 Å². The molecule has 0 radical (unpaired) electrons. The average Bonchev–Trinajstić information content (AvgIpc) is 3.95. The van der Waals surface area contributed by atoms with Crippen molar-refractivity contribution in [3.8, 4) is 22.4 Å². The van der Waals surface area contributed by atoms with Gasteiger partial charge in [0.2, 0.25) is 0 Å². The zero-order valence-corrected chi connectivity index (χ0v) is 44.8. The normalized spacial score (nSPS) is 18.4. The quantitative estimate of drug-likeness (QED) is 0.0690. The molecule has 6 aromatic rings. The van der Waals surface area contributed by atoms with Gasteiger partial charge in [0.1, 0.15) is 0 Å². The Labute approximate surface area is 440 Å². The van der Waals surface area contributed by atoms with Crippen LogP contribution in [0.5, 0.6) is 0 Å². The predicted molar refractivity (Wildman–Crippen MR) is 290 cm³/mol. The van der Waals surface area contributed by atoms with Crippen molar-refractivity contribution in [2.45, 2.75) is 55.0 Å². The third-order valence-electron chi connectivity index (χ3n) is 14.1. The third-order valence-corrected chi connectivity index (χ3v) is 19.7. The van der Waals surface area contributed by atoms with Gasteiger partial charge >= 0.3 is 19.0 Å². The second-order valence-corrected chi connectivity index (χ2v) is 24.9. The monoisotopic (exact) mass is 1090 g/mol. The molecule has 2 atom stereocenters. The lowest BCUT2D eigenvalue weighted by atomic mass is 9.96. The van der Waals surface area contributed by atoms with Gasteiger partial charge in [-0.25, -0.2) is 13.2 Å². The van der Waals surface area contributed by atoms with Gasteiger partial charge in [-0.15, -0.1) is 11.8 Å². The number of anilines is 3. The van der Waals surface area contributed by atoms with E-state index in [0.717, 1.165) is 52.2 Å². The molecule has 3 aliphatic rings. The van der Waals surface area contributed by atoms with Crippen LogP contribution >= 0.6 is 30.9 Å². The van der Waals surface area contributed by atoms with Crippen LogP contribution in [0.4, 0.5) is 30.2 Å². The van der Waals surface area contributed by atoms with Crippen LogP contribution in [0.25, 0.3) is 22.4 Å². The number of rotatable bonds is 17. The molecule has 5 aromatic carbocycles. The van der Waals surface area contributed by atoms with Gasteiger partial charge in [-0.2, -0.15) is 13.2 Å². The minimum absolute atomic E-state index is 0.0143. The van der Waals surface area contributed by atoms with Crippen molar-refractivity contribution in [2.24, 2.45) is 5.92 Å². The molecule has 0 unspecified atom stereocenters. The molecule has 0 spiro atoms. The molecule has 3 fully saturated rings. The first kappa shape index (κ1) is 53.6. The average molecular weight is 1090 g/mol. The van der Waals surface area contributed by atoms with Crippen LogP contribution < -0.4 is 19.8 Å². The number of carboxylic acids is 1. The number of thioether (sulfide) groups is 1. The number of carbonyl (C=O) groups is 1. The second-order valence-electron chi connectivity index (χ2n) is 19.2. The predicted octanol–water partition coefficient (Wildman–Crippen LogP) is 11.7. The highest BCUT2D eigenvalue weighted by Crippen LogP contribution is 2.56. The maximum atomic E-state index is 15.0. The lowest BCUT2D eigenvalue weighted by Gasteiger charge is -2.37. The van der Waals surface area contributed by atoms with Crippen LogP contribution in [-0.2, 0) is 30.1 Å². The van der Waals surface area contributed by atoms with Crippen LogP contribution in [0, 0.1) is 12.8 Å². The van der Waals surface area contributed by atoms with Gasteiger partial charge in [-0.05, 0) is 136 Å². The molecule has 1 aromatic heterocycles. The number of piperazine rings is 1. The highest BCUT2D eigenvalue weighted by molar-refractivity contribution is 7.99. The summed E-state index contributed by atoms with van der Waals surface area (Å²) in [6, 6.07) is 36.3. The van der Waals surface area contributed by atoms with Crippen molar-refractivity contribution in [1.29, 1.82) is 0 Å². The Morgan fingerprint density at radius 3 is 2.09 bits per heavy atom. The number of aromatic carboxylic acids is 1. The van der Waals surface area contributed by atoms with Crippen molar-refractivity contribution in [3.63, 3.8) is 0 Å². The minimum atomic E-state index is -5.86. The number of benzene rings is 5. The Morgan fingerprint density at radius 2 is 1.45 bits per heavy atom. The molecule has 0 saturated carbocycles. The second kappa shape index (κ2) is 22.5. The number of alkyl halides is 3. The molecular formula is C55H60ClF3N5O7PS2. The van der Waals surface area contributed by atoms with E-state index in [1.165, 1.54) is 16.8 Å². The van der Waals surface area contributed by atoms with Crippen LogP contribution in [0.3, 0.4) is 0 Å². The Hall–Kier alpha value is -5.26. The SMILES string of the molecule is Cc1c(C(=O)O)c(-c2cccc(N3CCN(c4ccc(N5CCO[P@]5(=O)c5ccc(C[C@H](CCN6CCOCC6)CSc6ccccc6)c(S(=O)(=O)C(F)(F)F)c5)cc4)CC3)c2)c(-c2ccc(Cl)cc2)n1C(C)C. The molecular weight excluding hydrogens is 1030 g/mol. The number of hydrogen-bond acceptors (Lipinski definition) is 10. The number of sulfone groups is 1. The first-order valence-corrected chi connectivity index (χ1v) is 29.2. The van der Waals surface area contributed by atoms with E-state index in [1.807, 2.05) is 106 Å². The van der Waals surface area contributed by atoms with Gasteiger partial charge in [0.25, 0.3) is 9.84 Å². The highest BCUT2D eigenvalue weighted by atomic mass is 35.5. The van der Waals surface area contributed by atoms with Crippen molar-refractivity contribution in [3.05, 3.63) is 143 Å². The summed E-state index contributed by atoms with van der Waals surface area (Å²) in [7, 11) is -9.93. The zero-order chi connectivity index (χ0) is 52.4. The van der Waals surface area contributed by atoms with Crippen LogP contribution in [0.15, 0.2) is 131 Å². The standard InChI is InChI=1S/C55H60ClF3N5O7PS2/c1-38(2)64-39(3)51(54(65)66)52(53(64)41-12-15-44(56)16-13-41)43-8-7-9-47(35-43)62-26-24-61(25-27-62)45-17-19-46(20-18-45)63-30-33-71-72(63,67)48-21-14-42(50(36-48)74(68,69)55(57,58)59)34-40(22-23-60-28-31-70-32-29-60)37-73-49-10-5-4-6-11-49/h4-21,35-36,38,40H,22-34,37H2,1-3H3,(H,65,66)/t40-,72+/m0/s1. The molecule has 74 heavy (non-hydrogen) atoms. The molecule has 0 bridgehead atoms. The summed E-state index contributed by atoms with van der Waals surface area (Å²) >= 11 is 7.85. The summed E-state index contributed by atoms with van der Waals surface area (Å²) in [6.07, 6.45) is 0.693. The molecule has 0 amide bonds. The highest BCUT2D eigenvalue weighted by Gasteiger charge is 2.49. The topological polar surface area (TPSA) is 125 Å². The summed E-state index contributed by atoms with van der Waals surface area (Å²) < 4.78 is 100. The molecule has 392 valence electrons. The van der Waals surface area contributed by atoms with Gasteiger partial charge in [-0.1, -0.05) is 60.1 Å². The molecule has 4 heterocycles. The Balaban J connectivity index is 0.924. The van der Waals surface area contributed by atoms with Crippen molar-refractivity contribution >= 4 is 69.1 Å². The smallest absolute Gasteiger partial charge is 0.478 e. The number of ether oxygens (including phenoxy) is 1. The van der Waals surface area contributed by atoms with E-state index in [1.54, 1.807) is 23.9 Å². The number of morpholine rings is 1. The molecule has 9 rings (SSSR count). The number of aromatic nitrogens is 1. The fraction of sp³-hybridized carbons (Fsp3) is 0.364. The molecule has 12 nitrogen and oxygen atoms in total. The largest absolute Gasteiger partial charge is 0.501 e. The van der Waals surface area contributed by atoms with E-state index in [0.29, 0.717) is 80.1 Å². The van der Waals surface area contributed by atoms with Gasteiger partial charge in [0.15, 0.2) is 0 Å². The van der Waals surface area contributed by atoms with Gasteiger partial charge < -0.3 is 28.7 Å². The van der Waals surface area contributed by atoms with Gasteiger partial charge in [0, 0.05) is 89.3 Å². The summed E-state index contributed by atoms with van der Waals surface area (Å²) in [6.45, 7) is 12.2. The van der Waals surface area contributed by atoms with Crippen molar-refractivity contribution in [1.82, 2.24) is 9.47 Å². The van der Waals surface area contributed by atoms with E-state index in [9.17, 15) is 36.1 Å². The zero-order valence-electron chi connectivity index (χ0n) is 41.5. The lowest BCUT2D eigenvalue weighted by Crippen LogP contribution is -2.46. The fourth-order valence-corrected chi connectivity index (χ4v) is 14.9. The summed E-state index contributed by atoms with van der Waals surface area (Å²) in [5.74, 6) is -0.629. The minimum Gasteiger partial charge on any atom is -0.478 e.